The van der Waals surface area contributed by atoms with E-state index in [-0.39, 0.29) is 0 Å². The van der Waals surface area contributed by atoms with Gasteiger partial charge in [-0.15, -0.1) is 0 Å². The van der Waals surface area contributed by atoms with Crippen LogP contribution < -0.4 is 0 Å². The number of hydrogen-bond donors (Lipinski definition) is 1. The smallest absolute Gasteiger partial charge is 0.172 e. The predicted molar refractivity (Wildman–Crippen MR) is 69.0 cm³/mol. The highest BCUT2D eigenvalue weighted by atomic mass is 32.2. The minimum atomic E-state index is -0.864. The lowest BCUT2D eigenvalue weighted by Crippen LogP contribution is -2.19. The lowest BCUT2D eigenvalue weighted by Gasteiger charge is -2.17. The van der Waals surface area contributed by atoms with Crippen molar-refractivity contribution in [3.05, 3.63) is 42.2 Å². The minimum Gasteiger partial charge on any atom is -0.384 e. The largest absolute Gasteiger partial charge is 0.384 e. The molecule has 17 heavy (non-hydrogen) atoms. The third-order valence-corrected chi connectivity index (χ3v) is 3.59. The lowest BCUT2D eigenvalue weighted by atomic mass is 10.1. The molecular weight excluding hydrogens is 232 g/mol. The van der Waals surface area contributed by atoms with Crippen LogP contribution in [0.5, 0.6) is 0 Å². The van der Waals surface area contributed by atoms with Gasteiger partial charge >= 0.3 is 0 Å². The van der Waals surface area contributed by atoms with Gasteiger partial charge in [-0.1, -0.05) is 30.0 Å². The Balaban J connectivity index is 2.27. The number of aromatic nitrogens is 2. The molecule has 0 spiro atoms. The molecule has 3 nitrogen and oxygen atoms in total. The van der Waals surface area contributed by atoms with Crippen molar-refractivity contribution in [2.24, 2.45) is 7.05 Å². The first-order chi connectivity index (χ1) is 7.98. The average Bonchev–Trinajstić information content (AvgIpc) is 2.61. The molecule has 0 saturated heterocycles. The van der Waals surface area contributed by atoms with Crippen LogP contribution in [-0.4, -0.2) is 14.7 Å². The Hall–Kier alpha value is -1.26. The fourth-order valence-electron chi connectivity index (χ4n) is 1.65. The molecule has 90 valence electrons. The molecule has 4 heteroatoms. The van der Waals surface area contributed by atoms with Gasteiger partial charge in [-0.05, 0) is 26.0 Å². The standard InChI is InChI=1S/C13H16N2OS/c1-13(2,16)11-9-14-12(15(11)3)17-10-7-5-4-6-8-10/h4-9,16H,1-3H3. The van der Waals surface area contributed by atoms with Crippen molar-refractivity contribution < 1.29 is 5.11 Å². The lowest BCUT2D eigenvalue weighted by molar-refractivity contribution is 0.0700. The monoisotopic (exact) mass is 248 g/mol. The Kier molecular flexibility index (Phi) is 3.26. The summed E-state index contributed by atoms with van der Waals surface area (Å²) in [5.74, 6) is 0. The van der Waals surface area contributed by atoms with E-state index in [1.165, 1.54) is 0 Å². The van der Waals surface area contributed by atoms with Crippen LogP contribution in [0.3, 0.4) is 0 Å². The first-order valence-corrected chi connectivity index (χ1v) is 6.27. The summed E-state index contributed by atoms with van der Waals surface area (Å²) in [6, 6.07) is 10.1. The van der Waals surface area contributed by atoms with E-state index >= 15 is 0 Å². The van der Waals surface area contributed by atoms with E-state index in [0.29, 0.717) is 0 Å². The normalized spacial score (nSPS) is 11.8. The van der Waals surface area contributed by atoms with E-state index in [1.54, 1.807) is 31.8 Å². The molecule has 1 aromatic heterocycles. The van der Waals surface area contributed by atoms with Gasteiger partial charge < -0.3 is 9.67 Å². The molecule has 0 fully saturated rings. The van der Waals surface area contributed by atoms with Crippen molar-refractivity contribution in [1.82, 2.24) is 9.55 Å². The third kappa shape index (κ3) is 2.70. The quantitative estimate of drug-likeness (QED) is 0.907. The molecule has 2 aromatic rings. The summed E-state index contributed by atoms with van der Waals surface area (Å²) >= 11 is 1.59. The third-order valence-electron chi connectivity index (χ3n) is 2.52. The van der Waals surface area contributed by atoms with Gasteiger partial charge in [0, 0.05) is 11.9 Å². The number of hydrogen-bond acceptors (Lipinski definition) is 3. The maximum Gasteiger partial charge on any atom is 0.172 e. The molecule has 1 heterocycles. The van der Waals surface area contributed by atoms with Crippen LogP contribution in [0.1, 0.15) is 19.5 Å². The Labute approximate surface area is 106 Å². The summed E-state index contributed by atoms with van der Waals surface area (Å²) in [6.07, 6.45) is 1.73. The molecule has 0 bridgehead atoms. The van der Waals surface area contributed by atoms with Crippen molar-refractivity contribution in [3.63, 3.8) is 0 Å². The van der Waals surface area contributed by atoms with Crippen molar-refractivity contribution in [3.8, 4) is 0 Å². The average molecular weight is 248 g/mol. The summed E-state index contributed by atoms with van der Waals surface area (Å²) in [6.45, 7) is 3.53. The predicted octanol–water partition coefficient (Wildman–Crippen LogP) is 2.80. The van der Waals surface area contributed by atoms with Gasteiger partial charge in [-0.3, -0.25) is 0 Å². The summed E-state index contributed by atoms with van der Waals surface area (Å²) < 4.78 is 1.93. The van der Waals surface area contributed by atoms with Crippen LogP contribution in [0, 0.1) is 0 Å². The number of imidazole rings is 1. The van der Waals surface area contributed by atoms with Crippen LogP contribution in [-0.2, 0) is 12.6 Å². The maximum atomic E-state index is 9.98. The SMILES string of the molecule is Cn1c(C(C)(C)O)cnc1Sc1ccccc1. The molecule has 0 aliphatic rings. The van der Waals surface area contributed by atoms with Crippen LogP contribution in [0.15, 0.2) is 46.6 Å². The van der Waals surface area contributed by atoms with E-state index < -0.39 is 5.60 Å². The molecular formula is C13H16N2OS. The molecule has 1 N–H and O–H groups in total. The number of nitrogens with zero attached hydrogens (tertiary/aromatic N) is 2. The molecule has 0 unspecified atom stereocenters. The summed E-state index contributed by atoms with van der Waals surface area (Å²) in [7, 11) is 1.92. The summed E-state index contributed by atoms with van der Waals surface area (Å²) in [5, 5.41) is 10.9. The van der Waals surface area contributed by atoms with E-state index in [0.717, 1.165) is 15.7 Å². The molecule has 0 aliphatic heterocycles. The van der Waals surface area contributed by atoms with Crippen LogP contribution in [0.4, 0.5) is 0 Å². The second-order valence-corrected chi connectivity index (χ2v) is 5.50. The summed E-state index contributed by atoms with van der Waals surface area (Å²) in [5.41, 5.74) is -0.0482. The van der Waals surface area contributed by atoms with Crippen molar-refractivity contribution in [1.29, 1.82) is 0 Å². The topological polar surface area (TPSA) is 38.0 Å². The van der Waals surface area contributed by atoms with Gasteiger partial charge in [-0.25, -0.2) is 4.98 Å². The Morgan fingerprint density at radius 2 is 1.88 bits per heavy atom. The fraction of sp³-hybridized carbons (Fsp3) is 0.308. The first-order valence-electron chi connectivity index (χ1n) is 5.46. The zero-order valence-corrected chi connectivity index (χ0v) is 11.0. The van der Waals surface area contributed by atoms with Gasteiger partial charge in [0.25, 0.3) is 0 Å². The van der Waals surface area contributed by atoms with E-state index in [1.807, 2.05) is 41.9 Å². The second-order valence-electron chi connectivity index (χ2n) is 4.46. The molecule has 1 aromatic carbocycles. The minimum absolute atomic E-state index is 0.816. The molecule has 0 saturated carbocycles. The first kappa shape index (κ1) is 12.2. The zero-order valence-electron chi connectivity index (χ0n) is 10.2. The van der Waals surface area contributed by atoms with Gasteiger partial charge in [-0.2, -0.15) is 0 Å². The van der Waals surface area contributed by atoms with Crippen LogP contribution in [0.25, 0.3) is 0 Å². The van der Waals surface area contributed by atoms with E-state index in [9.17, 15) is 5.11 Å². The summed E-state index contributed by atoms with van der Waals surface area (Å²) in [4.78, 5) is 5.49. The number of benzene rings is 1. The highest BCUT2D eigenvalue weighted by Crippen LogP contribution is 2.29. The maximum absolute atomic E-state index is 9.98. The molecule has 0 amide bonds. The van der Waals surface area contributed by atoms with Crippen molar-refractivity contribution in [2.45, 2.75) is 29.5 Å². The zero-order chi connectivity index (χ0) is 12.5. The highest BCUT2D eigenvalue weighted by Gasteiger charge is 2.21. The number of rotatable bonds is 3. The van der Waals surface area contributed by atoms with E-state index in [2.05, 4.69) is 4.98 Å². The second kappa shape index (κ2) is 4.55. The van der Waals surface area contributed by atoms with Gasteiger partial charge in [0.2, 0.25) is 0 Å². The van der Waals surface area contributed by atoms with Gasteiger partial charge in [0.1, 0.15) is 5.60 Å². The van der Waals surface area contributed by atoms with Crippen LogP contribution in [0.2, 0.25) is 0 Å². The van der Waals surface area contributed by atoms with Crippen LogP contribution >= 0.6 is 11.8 Å². The van der Waals surface area contributed by atoms with Crippen molar-refractivity contribution in [2.75, 3.05) is 0 Å². The Bertz CT molecular complexity index is 500. The van der Waals surface area contributed by atoms with Gasteiger partial charge in [0.15, 0.2) is 5.16 Å². The van der Waals surface area contributed by atoms with E-state index in [4.69, 9.17) is 0 Å². The molecule has 2 rings (SSSR count). The Morgan fingerprint density at radius 3 is 2.41 bits per heavy atom. The van der Waals surface area contributed by atoms with Crippen molar-refractivity contribution >= 4 is 11.8 Å². The van der Waals surface area contributed by atoms with Gasteiger partial charge in [0.05, 0.1) is 11.9 Å². The molecule has 0 radical (unpaired) electrons. The Morgan fingerprint density at radius 1 is 1.24 bits per heavy atom. The fourth-order valence-corrected chi connectivity index (χ4v) is 2.49. The number of aliphatic hydroxyl groups is 1. The molecule has 0 aliphatic carbocycles. The molecule has 0 atom stereocenters. The highest BCUT2D eigenvalue weighted by molar-refractivity contribution is 7.99.